The van der Waals surface area contributed by atoms with Gasteiger partial charge in [-0.3, -0.25) is 4.99 Å². The number of ether oxygens (including phenoxy) is 2. The first-order chi connectivity index (χ1) is 13.7. The van der Waals surface area contributed by atoms with Crippen LogP contribution in [0.25, 0.3) is 11.0 Å². The first kappa shape index (κ1) is 17.5. The summed E-state index contributed by atoms with van der Waals surface area (Å²) in [5.74, 6) is 1.88. The zero-order valence-electron chi connectivity index (χ0n) is 15.2. The van der Waals surface area contributed by atoms with Crippen molar-refractivity contribution in [2.75, 3.05) is 7.11 Å². The molecule has 0 amide bonds. The van der Waals surface area contributed by atoms with E-state index in [2.05, 4.69) is 4.99 Å². The maximum Gasteiger partial charge on any atom is 0.339 e. The van der Waals surface area contributed by atoms with Gasteiger partial charge in [-0.25, -0.2) is 4.79 Å². The summed E-state index contributed by atoms with van der Waals surface area (Å²) in [5, 5.41) is 0.740. The molecule has 28 heavy (non-hydrogen) atoms. The molecule has 0 saturated heterocycles. The molecule has 5 heteroatoms. The van der Waals surface area contributed by atoms with Crippen molar-refractivity contribution in [1.29, 1.82) is 0 Å². The second-order valence-electron chi connectivity index (χ2n) is 6.05. The molecule has 0 spiro atoms. The molecule has 0 atom stereocenters. The molecule has 0 radical (unpaired) electrons. The third-order valence-corrected chi connectivity index (χ3v) is 4.16. The van der Waals surface area contributed by atoms with Gasteiger partial charge in [0.05, 0.1) is 24.2 Å². The van der Waals surface area contributed by atoms with E-state index in [1.165, 1.54) is 6.07 Å². The highest BCUT2D eigenvalue weighted by Gasteiger charge is 2.07. The van der Waals surface area contributed by atoms with Crippen LogP contribution in [-0.4, -0.2) is 13.3 Å². The van der Waals surface area contributed by atoms with Crippen molar-refractivity contribution in [2.24, 2.45) is 4.99 Å². The quantitative estimate of drug-likeness (QED) is 0.351. The monoisotopic (exact) mass is 371 g/mol. The Balaban J connectivity index is 1.52. The number of hydrogen-bond acceptors (Lipinski definition) is 5. The van der Waals surface area contributed by atoms with Gasteiger partial charge in [-0.1, -0.05) is 12.1 Å². The Morgan fingerprint density at radius 3 is 2.36 bits per heavy atom. The Kier molecular flexibility index (Phi) is 4.89. The number of rotatable bonds is 5. The summed E-state index contributed by atoms with van der Waals surface area (Å²) in [7, 11) is 1.64. The first-order valence-corrected chi connectivity index (χ1v) is 8.70. The van der Waals surface area contributed by atoms with Crippen LogP contribution >= 0.6 is 0 Å². The lowest BCUT2D eigenvalue weighted by atomic mass is 10.2. The second-order valence-corrected chi connectivity index (χ2v) is 6.05. The van der Waals surface area contributed by atoms with Crippen LogP contribution in [0.15, 0.2) is 93.1 Å². The fraction of sp³-hybridized carbons (Fsp3) is 0.0435. The van der Waals surface area contributed by atoms with Crippen LogP contribution in [0.4, 0.5) is 5.69 Å². The molecule has 138 valence electrons. The summed E-state index contributed by atoms with van der Waals surface area (Å²) < 4.78 is 16.2. The zero-order chi connectivity index (χ0) is 19.3. The van der Waals surface area contributed by atoms with Gasteiger partial charge in [0.15, 0.2) is 0 Å². The summed E-state index contributed by atoms with van der Waals surface area (Å²) >= 11 is 0. The van der Waals surface area contributed by atoms with Crippen molar-refractivity contribution in [1.82, 2.24) is 0 Å². The lowest BCUT2D eigenvalue weighted by Crippen LogP contribution is -1.98. The van der Waals surface area contributed by atoms with E-state index in [1.807, 2.05) is 66.7 Å². The molecular weight excluding hydrogens is 354 g/mol. The van der Waals surface area contributed by atoms with E-state index in [0.717, 1.165) is 22.4 Å². The molecule has 1 heterocycles. The predicted octanol–water partition coefficient (Wildman–Crippen LogP) is 5.34. The zero-order valence-corrected chi connectivity index (χ0v) is 15.2. The van der Waals surface area contributed by atoms with Crippen LogP contribution in [-0.2, 0) is 0 Å². The average molecular weight is 371 g/mol. The van der Waals surface area contributed by atoms with E-state index in [4.69, 9.17) is 13.9 Å². The number of benzene rings is 3. The van der Waals surface area contributed by atoms with E-state index < -0.39 is 5.63 Å². The molecule has 0 saturated carbocycles. The van der Waals surface area contributed by atoms with Gasteiger partial charge >= 0.3 is 5.63 Å². The van der Waals surface area contributed by atoms with Crippen LogP contribution in [0, 0.1) is 0 Å². The fourth-order valence-corrected chi connectivity index (χ4v) is 2.73. The summed E-state index contributed by atoms with van der Waals surface area (Å²) in [6, 6.07) is 23.6. The van der Waals surface area contributed by atoms with Gasteiger partial charge < -0.3 is 13.9 Å². The maximum atomic E-state index is 11.7. The first-order valence-electron chi connectivity index (χ1n) is 8.70. The summed E-state index contributed by atoms with van der Waals surface area (Å²) in [5.41, 5.74) is 1.81. The Hall–Kier alpha value is -3.86. The van der Waals surface area contributed by atoms with Crippen LogP contribution in [0.2, 0.25) is 0 Å². The highest BCUT2D eigenvalue weighted by molar-refractivity contribution is 5.83. The Morgan fingerprint density at radius 1 is 0.893 bits per heavy atom. The van der Waals surface area contributed by atoms with Gasteiger partial charge in [-0.15, -0.1) is 0 Å². The van der Waals surface area contributed by atoms with Gasteiger partial charge in [0, 0.05) is 6.21 Å². The minimum atomic E-state index is -0.450. The van der Waals surface area contributed by atoms with Crippen molar-refractivity contribution < 1.29 is 13.9 Å². The van der Waals surface area contributed by atoms with E-state index in [0.29, 0.717) is 17.1 Å². The topological polar surface area (TPSA) is 61.0 Å². The molecule has 1 aromatic heterocycles. The van der Waals surface area contributed by atoms with Crippen LogP contribution in [0.5, 0.6) is 17.2 Å². The van der Waals surface area contributed by atoms with Gasteiger partial charge in [-0.2, -0.15) is 0 Å². The third kappa shape index (κ3) is 3.94. The number of methoxy groups -OCH3 is 1. The van der Waals surface area contributed by atoms with E-state index in [-0.39, 0.29) is 0 Å². The molecule has 0 aliphatic rings. The van der Waals surface area contributed by atoms with Gasteiger partial charge in [0.25, 0.3) is 0 Å². The van der Waals surface area contributed by atoms with Crippen LogP contribution in [0.1, 0.15) is 5.56 Å². The van der Waals surface area contributed by atoms with Crippen molar-refractivity contribution in [3.05, 3.63) is 94.8 Å². The fourth-order valence-electron chi connectivity index (χ4n) is 2.73. The highest BCUT2D eigenvalue weighted by Crippen LogP contribution is 2.29. The minimum absolute atomic E-state index is 0.450. The van der Waals surface area contributed by atoms with Gasteiger partial charge in [0.1, 0.15) is 22.8 Å². The summed E-state index contributed by atoms with van der Waals surface area (Å²) in [4.78, 5) is 16.2. The van der Waals surface area contributed by atoms with Crippen LogP contribution in [0.3, 0.4) is 0 Å². The van der Waals surface area contributed by atoms with E-state index in [9.17, 15) is 4.79 Å². The molecule has 0 bridgehead atoms. The summed E-state index contributed by atoms with van der Waals surface area (Å²) in [6.45, 7) is 0. The average Bonchev–Trinajstić information content (AvgIpc) is 2.73. The highest BCUT2D eigenvalue weighted by atomic mass is 16.5. The van der Waals surface area contributed by atoms with Crippen molar-refractivity contribution >= 4 is 22.9 Å². The normalized spacial score (nSPS) is 11.0. The molecular formula is C23H17NO4. The molecule has 3 aromatic carbocycles. The number of fused-ring (bicyclic) bond motifs is 1. The standard InChI is InChI=1S/C23H17NO4/c1-26-18-10-6-16(7-11-18)15-24-17-8-12-19(13-9-17)27-22-14-23(25)28-21-5-3-2-4-20(21)22/h2-15H,1H3. The maximum absolute atomic E-state index is 11.7. The Bertz CT molecular complexity index is 1180. The van der Waals surface area contributed by atoms with Gasteiger partial charge in [0.2, 0.25) is 0 Å². The SMILES string of the molecule is COc1ccc(C=Nc2ccc(Oc3cc(=O)oc4ccccc34)cc2)cc1. The molecule has 0 unspecified atom stereocenters. The molecule has 4 rings (SSSR count). The lowest BCUT2D eigenvalue weighted by molar-refractivity contribution is 0.415. The number of hydrogen-bond donors (Lipinski definition) is 0. The smallest absolute Gasteiger partial charge is 0.339 e. The van der Waals surface area contributed by atoms with E-state index >= 15 is 0 Å². The second kappa shape index (κ2) is 7.80. The Morgan fingerprint density at radius 2 is 1.61 bits per heavy atom. The van der Waals surface area contributed by atoms with Crippen LogP contribution < -0.4 is 15.1 Å². The number of para-hydroxylation sites is 1. The molecule has 0 aliphatic carbocycles. The number of aliphatic imine (C=N–C) groups is 1. The molecule has 0 fully saturated rings. The van der Waals surface area contributed by atoms with Crippen molar-refractivity contribution in [2.45, 2.75) is 0 Å². The molecule has 4 aromatic rings. The lowest BCUT2D eigenvalue weighted by Gasteiger charge is -2.08. The van der Waals surface area contributed by atoms with Crippen molar-refractivity contribution in [3.63, 3.8) is 0 Å². The predicted molar refractivity (Wildman–Crippen MR) is 109 cm³/mol. The Labute approximate surface area is 161 Å². The number of nitrogens with zero attached hydrogens (tertiary/aromatic N) is 1. The molecule has 0 N–H and O–H groups in total. The molecule has 5 nitrogen and oxygen atoms in total. The van der Waals surface area contributed by atoms with E-state index in [1.54, 1.807) is 19.4 Å². The molecule has 0 aliphatic heterocycles. The summed E-state index contributed by atoms with van der Waals surface area (Å²) in [6.07, 6.45) is 1.78. The minimum Gasteiger partial charge on any atom is -0.497 e. The van der Waals surface area contributed by atoms with Crippen molar-refractivity contribution in [3.8, 4) is 17.2 Å². The van der Waals surface area contributed by atoms with Gasteiger partial charge in [-0.05, 0) is 66.2 Å². The largest absolute Gasteiger partial charge is 0.497 e. The third-order valence-electron chi connectivity index (χ3n) is 4.16.